The highest BCUT2D eigenvalue weighted by Crippen LogP contribution is 2.18. The predicted molar refractivity (Wildman–Crippen MR) is 84.1 cm³/mol. The van der Waals surface area contributed by atoms with Crippen LogP contribution in [0.4, 0.5) is 0 Å². The lowest BCUT2D eigenvalue weighted by Gasteiger charge is -2.08. The standard InChI is InChI=1S/C15H21N3O2S/c1-12(2)11-21(19,20)16-10-14-9-15(17-18(14)3)13-7-5-4-6-8-13/h4-9,12,16H,10-11H2,1-3H3. The zero-order valence-electron chi connectivity index (χ0n) is 12.6. The molecule has 1 aromatic carbocycles. The van der Waals surface area contributed by atoms with Crippen LogP contribution in [-0.4, -0.2) is 24.0 Å². The smallest absolute Gasteiger partial charge is 0.212 e. The van der Waals surface area contributed by atoms with Crippen molar-refractivity contribution in [3.05, 3.63) is 42.1 Å². The Kier molecular flexibility index (Phi) is 4.80. The monoisotopic (exact) mass is 307 g/mol. The van der Waals surface area contributed by atoms with Crippen molar-refractivity contribution in [1.82, 2.24) is 14.5 Å². The van der Waals surface area contributed by atoms with Crippen LogP contribution in [0.5, 0.6) is 0 Å². The number of aryl methyl sites for hydroxylation is 1. The molecule has 1 N–H and O–H groups in total. The summed E-state index contributed by atoms with van der Waals surface area (Å²) in [5, 5.41) is 4.42. The molecule has 0 aliphatic heterocycles. The Morgan fingerprint density at radius 1 is 1.24 bits per heavy atom. The molecular weight excluding hydrogens is 286 g/mol. The van der Waals surface area contributed by atoms with E-state index < -0.39 is 10.0 Å². The Morgan fingerprint density at radius 3 is 2.52 bits per heavy atom. The van der Waals surface area contributed by atoms with Crippen LogP contribution in [0.3, 0.4) is 0 Å². The van der Waals surface area contributed by atoms with Crippen LogP contribution in [0.1, 0.15) is 19.5 Å². The summed E-state index contributed by atoms with van der Waals surface area (Å²) >= 11 is 0. The summed E-state index contributed by atoms with van der Waals surface area (Å²) < 4.78 is 28.1. The molecule has 0 aliphatic carbocycles. The van der Waals surface area contributed by atoms with Gasteiger partial charge in [0.25, 0.3) is 0 Å². The van der Waals surface area contributed by atoms with E-state index in [4.69, 9.17) is 0 Å². The van der Waals surface area contributed by atoms with E-state index in [0.29, 0.717) is 0 Å². The molecule has 0 bridgehead atoms. The minimum Gasteiger partial charge on any atom is -0.271 e. The highest BCUT2D eigenvalue weighted by molar-refractivity contribution is 7.89. The van der Waals surface area contributed by atoms with E-state index in [-0.39, 0.29) is 18.2 Å². The number of nitrogens with zero attached hydrogens (tertiary/aromatic N) is 2. The molecule has 5 nitrogen and oxygen atoms in total. The molecule has 0 fully saturated rings. The van der Waals surface area contributed by atoms with Gasteiger partial charge < -0.3 is 0 Å². The minimum absolute atomic E-state index is 0.105. The summed E-state index contributed by atoms with van der Waals surface area (Å²) in [6, 6.07) is 11.7. The van der Waals surface area contributed by atoms with Gasteiger partial charge >= 0.3 is 0 Å². The molecule has 0 radical (unpaired) electrons. The maximum absolute atomic E-state index is 11.9. The number of hydrogen-bond acceptors (Lipinski definition) is 3. The summed E-state index contributed by atoms with van der Waals surface area (Å²) in [6.45, 7) is 4.03. The van der Waals surface area contributed by atoms with Crippen molar-refractivity contribution in [2.45, 2.75) is 20.4 Å². The van der Waals surface area contributed by atoms with Crippen LogP contribution < -0.4 is 4.72 Å². The van der Waals surface area contributed by atoms with Gasteiger partial charge in [0.1, 0.15) is 0 Å². The third-order valence-electron chi connectivity index (χ3n) is 3.07. The van der Waals surface area contributed by atoms with Gasteiger partial charge in [0.05, 0.1) is 23.7 Å². The third-order valence-corrected chi connectivity index (χ3v) is 4.76. The molecule has 1 aromatic heterocycles. The second-order valence-electron chi connectivity index (χ2n) is 5.51. The Bertz CT molecular complexity index is 691. The third kappa shape index (κ3) is 4.41. The summed E-state index contributed by atoms with van der Waals surface area (Å²) in [7, 11) is -1.42. The average Bonchev–Trinajstić information content (AvgIpc) is 2.78. The lowest BCUT2D eigenvalue weighted by molar-refractivity contribution is 0.564. The van der Waals surface area contributed by atoms with Crippen molar-refractivity contribution >= 4 is 10.0 Å². The lowest BCUT2D eigenvalue weighted by atomic mass is 10.1. The molecular formula is C15H21N3O2S. The Morgan fingerprint density at radius 2 is 1.90 bits per heavy atom. The second-order valence-corrected chi connectivity index (χ2v) is 7.36. The van der Waals surface area contributed by atoms with Gasteiger partial charge in [-0.15, -0.1) is 0 Å². The van der Waals surface area contributed by atoms with E-state index in [1.54, 1.807) is 4.68 Å². The molecule has 0 aliphatic rings. The molecule has 0 amide bonds. The molecule has 21 heavy (non-hydrogen) atoms. The molecule has 6 heteroatoms. The zero-order valence-corrected chi connectivity index (χ0v) is 13.4. The molecule has 2 rings (SSSR count). The van der Waals surface area contributed by atoms with Crippen molar-refractivity contribution in [2.75, 3.05) is 5.75 Å². The lowest BCUT2D eigenvalue weighted by Crippen LogP contribution is -2.28. The Hall–Kier alpha value is -1.66. The van der Waals surface area contributed by atoms with Gasteiger partial charge in [-0.1, -0.05) is 44.2 Å². The fourth-order valence-electron chi connectivity index (χ4n) is 2.10. The SMILES string of the molecule is CC(C)CS(=O)(=O)NCc1cc(-c2ccccc2)nn1C. The average molecular weight is 307 g/mol. The molecule has 0 unspecified atom stereocenters. The molecule has 2 aromatic rings. The largest absolute Gasteiger partial charge is 0.271 e. The zero-order chi connectivity index (χ0) is 15.5. The summed E-state index contributed by atoms with van der Waals surface area (Å²) in [6.07, 6.45) is 0. The van der Waals surface area contributed by atoms with E-state index in [2.05, 4.69) is 9.82 Å². The maximum atomic E-state index is 11.9. The fraction of sp³-hybridized carbons (Fsp3) is 0.400. The van der Waals surface area contributed by atoms with Gasteiger partial charge in [0.15, 0.2) is 0 Å². The Labute approximate surface area is 126 Å². The number of hydrogen-bond donors (Lipinski definition) is 1. The Balaban J connectivity index is 2.10. The molecule has 1 heterocycles. The minimum atomic E-state index is -3.24. The summed E-state index contributed by atoms with van der Waals surface area (Å²) in [5.74, 6) is 0.241. The van der Waals surface area contributed by atoms with E-state index in [0.717, 1.165) is 17.0 Å². The summed E-state index contributed by atoms with van der Waals surface area (Å²) in [4.78, 5) is 0. The molecule has 0 saturated carbocycles. The quantitative estimate of drug-likeness (QED) is 0.889. The van der Waals surface area contributed by atoms with Crippen LogP contribution in [-0.2, 0) is 23.6 Å². The van der Waals surface area contributed by atoms with Crippen LogP contribution in [0, 0.1) is 5.92 Å². The number of sulfonamides is 1. The molecule has 0 saturated heterocycles. The highest BCUT2D eigenvalue weighted by Gasteiger charge is 2.14. The van der Waals surface area contributed by atoms with Gasteiger partial charge in [-0.05, 0) is 12.0 Å². The predicted octanol–water partition coefficient (Wildman–Crippen LogP) is 2.16. The number of rotatable bonds is 6. The van der Waals surface area contributed by atoms with Crippen LogP contribution in [0.25, 0.3) is 11.3 Å². The van der Waals surface area contributed by atoms with E-state index >= 15 is 0 Å². The van der Waals surface area contributed by atoms with Gasteiger partial charge in [-0.25, -0.2) is 13.1 Å². The van der Waals surface area contributed by atoms with Crippen molar-refractivity contribution in [3.8, 4) is 11.3 Å². The van der Waals surface area contributed by atoms with Gasteiger partial charge in [-0.2, -0.15) is 5.10 Å². The van der Waals surface area contributed by atoms with Gasteiger partial charge in [0, 0.05) is 12.6 Å². The topological polar surface area (TPSA) is 64.0 Å². The van der Waals surface area contributed by atoms with Crippen LogP contribution in [0.15, 0.2) is 36.4 Å². The van der Waals surface area contributed by atoms with E-state index in [1.165, 1.54) is 0 Å². The first-order chi connectivity index (χ1) is 9.87. The van der Waals surface area contributed by atoms with Gasteiger partial charge in [-0.3, -0.25) is 4.68 Å². The van der Waals surface area contributed by atoms with Crippen molar-refractivity contribution in [1.29, 1.82) is 0 Å². The summed E-state index contributed by atoms with van der Waals surface area (Å²) in [5.41, 5.74) is 2.70. The maximum Gasteiger partial charge on any atom is 0.212 e. The first kappa shape index (κ1) is 15.7. The van der Waals surface area contributed by atoms with Gasteiger partial charge in [0.2, 0.25) is 10.0 Å². The fourth-order valence-corrected chi connectivity index (χ4v) is 3.47. The van der Waals surface area contributed by atoms with Crippen molar-refractivity contribution in [2.24, 2.45) is 13.0 Å². The number of benzene rings is 1. The van der Waals surface area contributed by atoms with E-state index in [1.807, 2.05) is 57.3 Å². The first-order valence-corrected chi connectivity index (χ1v) is 8.58. The molecule has 0 atom stereocenters. The first-order valence-electron chi connectivity index (χ1n) is 6.93. The second kappa shape index (κ2) is 6.41. The normalized spacial score (nSPS) is 12.0. The number of aromatic nitrogens is 2. The van der Waals surface area contributed by atoms with Crippen LogP contribution in [0.2, 0.25) is 0 Å². The van der Waals surface area contributed by atoms with Crippen molar-refractivity contribution < 1.29 is 8.42 Å². The number of nitrogens with one attached hydrogen (secondary N) is 1. The highest BCUT2D eigenvalue weighted by atomic mass is 32.2. The molecule has 114 valence electrons. The van der Waals surface area contributed by atoms with E-state index in [9.17, 15) is 8.42 Å². The van der Waals surface area contributed by atoms with Crippen molar-refractivity contribution in [3.63, 3.8) is 0 Å². The molecule has 0 spiro atoms. The van der Waals surface area contributed by atoms with Crippen LogP contribution >= 0.6 is 0 Å².